The van der Waals surface area contributed by atoms with E-state index in [9.17, 15) is 4.79 Å². The number of carbonyl (C=O) groups is 1. The molecule has 2 aromatic heterocycles. The Morgan fingerprint density at radius 1 is 1.50 bits per heavy atom. The summed E-state index contributed by atoms with van der Waals surface area (Å²) in [5, 5.41) is 11.2. The second-order valence-corrected chi connectivity index (χ2v) is 2.54. The summed E-state index contributed by atoms with van der Waals surface area (Å²) in [6.45, 7) is 0. The Labute approximate surface area is 78.5 Å². The number of rotatable bonds is 1. The lowest BCUT2D eigenvalue weighted by Gasteiger charge is -1.96. The first-order valence-corrected chi connectivity index (χ1v) is 3.78. The van der Waals surface area contributed by atoms with Crippen LogP contribution in [0, 0.1) is 0 Å². The summed E-state index contributed by atoms with van der Waals surface area (Å²) in [6.07, 6.45) is 0. The van der Waals surface area contributed by atoms with E-state index in [1.807, 2.05) is 0 Å². The lowest BCUT2D eigenvalue weighted by Crippen LogP contribution is -2.09. The van der Waals surface area contributed by atoms with Gasteiger partial charge in [-0.3, -0.25) is 0 Å². The Morgan fingerprint density at radius 3 is 3.00 bits per heavy atom. The van der Waals surface area contributed by atoms with Gasteiger partial charge in [0.15, 0.2) is 5.65 Å². The topological polar surface area (TPSA) is 95.4 Å². The van der Waals surface area contributed by atoms with E-state index in [0.29, 0.717) is 5.65 Å². The first-order valence-electron chi connectivity index (χ1n) is 3.78. The van der Waals surface area contributed by atoms with Crippen molar-refractivity contribution in [3.8, 4) is 0 Å². The first kappa shape index (κ1) is 8.42. The van der Waals surface area contributed by atoms with Gasteiger partial charge in [0.2, 0.25) is 0 Å². The lowest BCUT2D eigenvalue weighted by molar-refractivity contribution is 0.0583. The molecule has 7 nitrogen and oxygen atoms in total. The van der Waals surface area contributed by atoms with Gasteiger partial charge >= 0.3 is 5.97 Å². The van der Waals surface area contributed by atoms with Crippen LogP contribution in [0.5, 0.6) is 0 Å². The van der Waals surface area contributed by atoms with E-state index in [2.05, 4.69) is 20.0 Å². The monoisotopic (exact) mass is 193 g/mol. The average Bonchev–Trinajstić information content (AvgIpc) is 2.59. The zero-order chi connectivity index (χ0) is 10.1. The molecule has 0 amide bonds. The predicted octanol–water partition coefficient (Wildman–Crippen LogP) is -0.507. The van der Waals surface area contributed by atoms with Crippen LogP contribution in [0.15, 0.2) is 12.1 Å². The van der Waals surface area contributed by atoms with E-state index in [1.54, 1.807) is 12.1 Å². The fourth-order valence-electron chi connectivity index (χ4n) is 1.02. The maximum absolute atomic E-state index is 11.2. The van der Waals surface area contributed by atoms with E-state index < -0.39 is 5.97 Å². The quantitative estimate of drug-likeness (QED) is 0.613. The highest BCUT2D eigenvalue weighted by atomic mass is 16.5. The molecule has 7 heteroatoms. The molecule has 2 N–H and O–H groups in total. The van der Waals surface area contributed by atoms with Gasteiger partial charge in [0.1, 0.15) is 5.82 Å². The largest absolute Gasteiger partial charge is 0.463 e. The lowest BCUT2D eigenvalue weighted by atomic mass is 10.5. The number of nitrogens with two attached hydrogens (primary N) is 1. The molecule has 0 atom stereocenters. The van der Waals surface area contributed by atoms with Crippen molar-refractivity contribution in [3.63, 3.8) is 0 Å². The maximum atomic E-state index is 11.2. The average molecular weight is 193 g/mol. The number of esters is 1. The van der Waals surface area contributed by atoms with Gasteiger partial charge in [0, 0.05) is 0 Å². The zero-order valence-electron chi connectivity index (χ0n) is 7.34. The van der Waals surface area contributed by atoms with Crippen molar-refractivity contribution in [2.45, 2.75) is 0 Å². The van der Waals surface area contributed by atoms with Gasteiger partial charge in [0.05, 0.1) is 7.11 Å². The van der Waals surface area contributed by atoms with Gasteiger partial charge < -0.3 is 10.5 Å². The van der Waals surface area contributed by atoms with Gasteiger partial charge in [-0.1, -0.05) is 0 Å². The Balaban J connectivity index is 2.67. The van der Waals surface area contributed by atoms with Gasteiger partial charge in [-0.15, -0.1) is 15.3 Å². The standard InChI is InChI=1S/C7H7N5O2/c1-14-7(13)6-10-9-5-3-2-4(8)11-12(5)6/h2-3H,1H3,(H2,8,11). The van der Waals surface area contributed by atoms with Crippen LogP contribution in [-0.4, -0.2) is 32.9 Å². The molecule has 0 saturated carbocycles. The van der Waals surface area contributed by atoms with Crippen LogP contribution >= 0.6 is 0 Å². The fraction of sp³-hybridized carbons (Fsp3) is 0.143. The molecule has 14 heavy (non-hydrogen) atoms. The second kappa shape index (κ2) is 2.95. The molecule has 0 bridgehead atoms. The van der Waals surface area contributed by atoms with Crippen LogP contribution in [0.25, 0.3) is 5.65 Å². The highest BCUT2D eigenvalue weighted by Gasteiger charge is 2.15. The molecule has 72 valence electrons. The van der Waals surface area contributed by atoms with E-state index in [1.165, 1.54) is 11.6 Å². The molecule has 2 heterocycles. The normalized spacial score (nSPS) is 10.4. The minimum absolute atomic E-state index is 0.00907. The van der Waals surface area contributed by atoms with Gasteiger partial charge in [-0.05, 0) is 12.1 Å². The predicted molar refractivity (Wildman–Crippen MR) is 46.5 cm³/mol. The molecule has 0 saturated heterocycles. The van der Waals surface area contributed by atoms with Crippen molar-refractivity contribution < 1.29 is 9.53 Å². The molecule has 0 aliphatic rings. The Bertz CT molecular complexity index is 492. The molecule has 0 aromatic carbocycles. The molecule has 0 aliphatic carbocycles. The number of carbonyl (C=O) groups excluding carboxylic acids is 1. The van der Waals surface area contributed by atoms with Gasteiger partial charge in [-0.2, -0.15) is 4.52 Å². The molecule has 2 aromatic rings. The summed E-state index contributed by atoms with van der Waals surface area (Å²) in [6, 6.07) is 3.19. The van der Waals surface area contributed by atoms with Crippen LogP contribution in [0.1, 0.15) is 10.6 Å². The third-order valence-corrected chi connectivity index (χ3v) is 1.65. The zero-order valence-corrected chi connectivity index (χ0v) is 7.34. The van der Waals surface area contributed by atoms with E-state index in [4.69, 9.17) is 5.73 Å². The molecule has 0 spiro atoms. The summed E-state index contributed by atoms with van der Waals surface area (Å²) < 4.78 is 5.74. The van der Waals surface area contributed by atoms with Crippen molar-refractivity contribution in [3.05, 3.63) is 18.0 Å². The number of methoxy groups -OCH3 is 1. The number of nitrogen functional groups attached to an aromatic ring is 1. The van der Waals surface area contributed by atoms with Crippen molar-refractivity contribution in [1.82, 2.24) is 19.8 Å². The minimum atomic E-state index is -0.601. The second-order valence-electron chi connectivity index (χ2n) is 2.54. The SMILES string of the molecule is COC(=O)c1nnc2ccc(N)nn12. The van der Waals surface area contributed by atoms with Gasteiger partial charge in [-0.25, -0.2) is 4.79 Å². The minimum Gasteiger partial charge on any atom is -0.463 e. The summed E-state index contributed by atoms with van der Waals surface area (Å²) in [5.41, 5.74) is 5.90. The van der Waals surface area contributed by atoms with Crippen LogP contribution in [0.2, 0.25) is 0 Å². The summed E-state index contributed by atoms with van der Waals surface area (Å²) in [4.78, 5) is 11.2. The number of hydrogen-bond acceptors (Lipinski definition) is 6. The van der Waals surface area contributed by atoms with E-state index in [-0.39, 0.29) is 11.6 Å². The smallest absolute Gasteiger partial charge is 0.378 e. The van der Waals surface area contributed by atoms with E-state index >= 15 is 0 Å². The molecule has 0 radical (unpaired) electrons. The number of hydrogen-bond donors (Lipinski definition) is 1. The Kier molecular flexibility index (Phi) is 1.77. The number of aromatic nitrogens is 4. The van der Waals surface area contributed by atoms with E-state index in [0.717, 1.165) is 0 Å². The number of anilines is 1. The highest BCUT2D eigenvalue weighted by molar-refractivity contribution is 5.85. The van der Waals surface area contributed by atoms with Crippen molar-refractivity contribution >= 4 is 17.4 Å². The Morgan fingerprint density at radius 2 is 2.29 bits per heavy atom. The third-order valence-electron chi connectivity index (χ3n) is 1.65. The molecular weight excluding hydrogens is 186 g/mol. The molecule has 0 unspecified atom stereocenters. The van der Waals surface area contributed by atoms with Crippen LogP contribution in [0.4, 0.5) is 5.82 Å². The first-order chi connectivity index (χ1) is 6.72. The van der Waals surface area contributed by atoms with Crippen molar-refractivity contribution in [1.29, 1.82) is 0 Å². The van der Waals surface area contributed by atoms with Crippen molar-refractivity contribution in [2.75, 3.05) is 12.8 Å². The third kappa shape index (κ3) is 1.15. The maximum Gasteiger partial charge on any atom is 0.378 e. The molecular formula is C7H7N5O2. The summed E-state index contributed by atoms with van der Waals surface area (Å²) in [5.74, 6) is -0.312. The van der Waals surface area contributed by atoms with Crippen molar-refractivity contribution in [2.24, 2.45) is 0 Å². The fourth-order valence-corrected chi connectivity index (χ4v) is 1.02. The highest BCUT2D eigenvalue weighted by Crippen LogP contribution is 2.04. The number of ether oxygens (including phenoxy) is 1. The summed E-state index contributed by atoms with van der Waals surface area (Å²) >= 11 is 0. The summed E-state index contributed by atoms with van der Waals surface area (Å²) in [7, 11) is 1.26. The Hall–Kier alpha value is -2.18. The molecule has 0 fully saturated rings. The van der Waals surface area contributed by atoms with Crippen LogP contribution < -0.4 is 5.73 Å². The van der Waals surface area contributed by atoms with Crippen LogP contribution in [0.3, 0.4) is 0 Å². The molecule has 2 rings (SSSR count). The number of nitrogens with zero attached hydrogens (tertiary/aromatic N) is 4. The van der Waals surface area contributed by atoms with Gasteiger partial charge in [0.25, 0.3) is 5.82 Å². The number of fused-ring (bicyclic) bond motifs is 1. The van der Waals surface area contributed by atoms with Crippen LogP contribution in [-0.2, 0) is 4.74 Å². The molecule has 0 aliphatic heterocycles.